The fourth-order valence-corrected chi connectivity index (χ4v) is 3.87. The number of anilines is 1. The Morgan fingerprint density at radius 2 is 2.06 bits per heavy atom. The minimum absolute atomic E-state index is 0.0492. The van der Waals surface area contributed by atoms with Crippen molar-refractivity contribution in [2.75, 3.05) is 5.32 Å². The average Bonchev–Trinajstić information content (AvgIpc) is 2.70. The first-order chi connectivity index (χ1) is 7.70. The van der Waals surface area contributed by atoms with Crippen LogP contribution >= 0.6 is 11.8 Å². The minimum atomic E-state index is -0.304. The van der Waals surface area contributed by atoms with Crippen molar-refractivity contribution in [2.45, 2.75) is 35.3 Å². The predicted molar refractivity (Wildman–Crippen MR) is 62.1 cm³/mol. The summed E-state index contributed by atoms with van der Waals surface area (Å²) in [5.41, 5.74) is 0.618. The van der Waals surface area contributed by atoms with Crippen LogP contribution in [-0.4, -0.2) is 10.7 Å². The molecule has 2 nitrogen and oxygen atoms in total. The van der Waals surface area contributed by atoms with E-state index < -0.39 is 0 Å². The van der Waals surface area contributed by atoms with E-state index in [-0.39, 0.29) is 16.5 Å². The number of nitrogens with one attached hydrogen (secondary N) is 1. The van der Waals surface area contributed by atoms with Crippen molar-refractivity contribution in [3.05, 3.63) is 24.0 Å². The lowest BCUT2D eigenvalue weighted by molar-refractivity contribution is -0.118. The Bertz CT molecular complexity index is 454. The summed E-state index contributed by atoms with van der Waals surface area (Å²) < 4.78 is 12.7. The first kappa shape index (κ1) is 10.1. The van der Waals surface area contributed by atoms with E-state index in [9.17, 15) is 9.18 Å². The number of fused-ring (bicyclic) bond motifs is 1. The maximum Gasteiger partial charge on any atom is 0.241 e. The van der Waals surface area contributed by atoms with E-state index in [4.69, 9.17) is 0 Å². The van der Waals surface area contributed by atoms with Crippen molar-refractivity contribution in [3.8, 4) is 0 Å². The third kappa shape index (κ3) is 1.44. The minimum Gasteiger partial charge on any atom is -0.324 e. The van der Waals surface area contributed by atoms with Crippen molar-refractivity contribution in [1.29, 1.82) is 0 Å². The van der Waals surface area contributed by atoms with E-state index in [1.807, 2.05) is 0 Å². The molecular weight excluding hydrogens is 225 g/mol. The van der Waals surface area contributed by atoms with Gasteiger partial charge in [-0.05, 0) is 31.0 Å². The van der Waals surface area contributed by atoms with Crippen LogP contribution in [0.25, 0.3) is 0 Å². The Hall–Kier alpha value is -1.03. The van der Waals surface area contributed by atoms with Crippen molar-refractivity contribution in [2.24, 2.45) is 0 Å². The molecular formula is C12H12FNOS. The highest BCUT2D eigenvalue weighted by atomic mass is 32.2. The summed E-state index contributed by atoms with van der Waals surface area (Å²) in [6, 6.07) is 4.60. The van der Waals surface area contributed by atoms with Gasteiger partial charge in [0.25, 0.3) is 0 Å². The molecule has 3 rings (SSSR count). The van der Waals surface area contributed by atoms with Crippen molar-refractivity contribution in [1.82, 2.24) is 0 Å². The van der Waals surface area contributed by atoms with E-state index >= 15 is 0 Å². The van der Waals surface area contributed by atoms with Crippen molar-refractivity contribution >= 4 is 23.4 Å². The molecule has 84 valence electrons. The molecule has 1 N–H and O–H groups in total. The number of thioether (sulfide) groups is 1. The lowest BCUT2D eigenvalue weighted by atomic mass is 10.1. The van der Waals surface area contributed by atoms with Gasteiger partial charge in [0, 0.05) is 4.90 Å². The molecule has 0 unspecified atom stereocenters. The molecule has 1 aromatic rings. The average molecular weight is 237 g/mol. The number of halogens is 1. The second-order valence-electron chi connectivity index (χ2n) is 4.40. The molecule has 4 heteroatoms. The van der Waals surface area contributed by atoms with E-state index in [0.717, 1.165) is 30.6 Å². The topological polar surface area (TPSA) is 29.1 Å². The molecule has 0 bridgehead atoms. The highest BCUT2D eigenvalue weighted by molar-refractivity contribution is 8.01. The van der Waals surface area contributed by atoms with Crippen LogP contribution in [0, 0.1) is 5.82 Å². The number of hydrogen-bond acceptors (Lipinski definition) is 2. The molecule has 0 radical (unpaired) electrons. The number of amides is 1. The Morgan fingerprint density at radius 3 is 2.81 bits per heavy atom. The zero-order valence-corrected chi connectivity index (χ0v) is 9.57. The number of carbonyl (C=O) groups is 1. The van der Waals surface area contributed by atoms with Gasteiger partial charge in [-0.1, -0.05) is 12.8 Å². The molecule has 1 aliphatic heterocycles. The van der Waals surface area contributed by atoms with Gasteiger partial charge < -0.3 is 5.32 Å². The van der Waals surface area contributed by atoms with Crippen molar-refractivity contribution < 1.29 is 9.18 Å². The summed E-state index contributed by atoms with van der Waals surface area (Å²) in [5.74, 6) is -0.255. The molecule has 1 fully saturated rings. The molecule has 1 saturated carbocycles. The fourth-order valence-electron chi connectivity index (χ4n) is 2.46. The first-order valence-electron chi connectivity index (χ1n) is 5.50. The second-order valence-corrected chi connectivity index (χ2v) is 5.82. The molecule has 16 heavy (non-hydrogen) atoms. The van der Waals surface area contributed by atoms with Crippen molar-refractivity contribution in [3.63, 3.8) is 0 Å². The third-order valence-corrected chi connectivity index (χ3v) is 4.88. The quantitative estimate of drug-likeness (QED) is 0.750. The number of hydrogen-bond donors (Lipinski definition) is 1. The summed E-state index contributed by atoms with van der Waals surface area (Å²) in [6.45, 7) is 0. The van der Waals surface area contributed by atoms with Gasteiger partial charge in [-0.15, -0.1) is 11.8 Å². The van der Waals surface area contributed by atoms with Crippen LogP contribution in [0.4, 0.5) is 10.1 Å². The molecule has 1 aromatic carbocycles. The van der Waals surface area contributed by atoms with Gasteiger partial charge in [0.1, 0.15) is 5.82 Å². The van der Waals surface area contributed by atoms with Gasteiger partial charge in [-0.2, -0.15) is 0 Å². The molecule has 0 aromatic heterocycles. The van der Waals surface area contributed by atoms with E-state index in [0.29, 0.717) is 5.69 Å². The molecule has 1 amide bonds. The van der Waals surface area contributed by atoms with Gasteiger partial charge in [0.05, 0.1) is 10.4 Å². The zero-order chi connectivity index (χ0) is 11.2. The highest BCUT2D eigenvalue weighted by Crippen LogP contribution is 2.50. The monoisotopic (exact) mass is 237 g/mol. The van der Waals surface area contributed by atoms with E-state index in [1.165, 1.54) is 12.1 Å². The zero-order valence-electron chi connectivity index (χ0n) is 8.75. The second kappa shape index (κ2) is 3.48. The maximum atomic E-state index is 13.0. The molecule has 1 aliphatic carbocycles. The maximum absolute atomic E-state index is 13.0. The van der Waals surface area contributed by atoms with Gasteiger partial charge >= 0.3 is 0 Å². The Labute approximate surface area is 97.6 Å². The lowest BCUT2D eigenvalue weighted by Gasteiger charge is -2.32. The normalized spacial score (nSPS) is 21.9. The Kier molecular flexibility index (Phi) is 2.21. The first-order valence-corrected chi connectivity index (χ1v) is 6.31. The van der Waals surface area contributed by atoms with Crippen LogP contribution in [0.5, 0.6) is 0 Å². The highest BCUT2D eigenvalue weighted by Gasteiger charge is 2.45. The van der Waals surface area contributed by atoms with Crippen LogP contribution in [0.1, 0.15) is 25.7 Å². The summed E-state index contributed by atoms with van der Waals surface area (Å²) in [5, 5.41) is 2.83. The van der Waals surface area contributed by atoms with Gasteiger partial charge in [0.15, 0.2) is 0 Å². The summed E-state index contributed by atoms with van der Waals surface area (Å²) >= 11 is 1.61. The standard InChI is InChI=1S/C12H12FNOS/c13-8-3-4-10-9(7-8)14-11(15)12(16-10)5-1-2-6-12/h3-4,7H,1-2,5-6H2,(H,14,15). The lowest BCUT2D eigenvalue weighted by Crippen LogP contribution is -2.40. The molecule has 2 aliphatic rings. The van der Waals surface area contributed by atoms with E-state index in [1.54, 1.807) is 17.8 Å². The molecule has 1 heterocycles. The van der Waals surface area contributed by atoms with Gasteiger partial charge in [-0.3, -0.25) is 4.79 Å². The molecule has 0 saturated heterocycles. The molecule has 0 atom stereocenters. The van der Waals surface area contributed by atoms with Gasteiger partial charge in [-0.25, -0.2) is 4.39 Å². The smallest absolute Gasteiger partial charge is 0.241 e. The number of benzene rings is 1. The van der Waals surface area contributed by atoms with Crippen LogP contribution < -0.4 is 5.32 Å². The molecule has 1 spiro atoms. The van der Waals surface area contributed by atoms with E-state index in [2.05, 4.69) is 5.32 Å². The third-order valence-electron chi connectivity index (χ3n) is 3.32. The van der Waals surface area contributed by atoms with Crippen LogP contribution in [0.3, 0.4) is 0 Å². The Morgan fingerprint density at radius 1 is 1.31 bits per heavy atom. The number of rotatable bonds is 0. The summed E-state index contributed by atoms with van der Waals surface area (Å²) in [6.07, 6.45) is 4.08. The van der Waals surface area contributed by atoms with Crippen LogP contribution in [0.15, 0.2) is 23.1 Å². The Balaban J connectivity index is 2.01. The number of carbonyl (C=O) groups excluding carboxylic acids is 1. The van der Waals surface area contributed by atoms with Crippen LogP contribution in [-0.2, 0) is 4.79 Å². The SMILES string of the molecule is O=C1Nc2cc(F)ccc2SC12CCCC2. The predicted octanol–water partition coefficient (Wildman–Crippen LogP) is 3.18. The fraction of sp³-hybridized carbons (Fsp3) is 0.417. The summed E-state index contributed by atoms with van der Waals surface area (Å²) in [4.78, 5) is 13.0. The summed E-state index contributed by atoms with van der Waals surface area (Å²) in [7, 11) is 0. The van der Waals surface area contributed by atoms with Gasteiger partial charge in [0.2, 0.25) is 5.91 Å². The largest absolute Gasteiger partial charge is 0.324 e. The van der Waals surface area contributed by atoms with Crippen LogP contribution in [0.2, 0.25) is 0 Å².